The van der Waals surface area contributed by atoms with Gasteiger partial charge in [0, 0.05) is 54.6 Å². The molecule has 0 saturated carbocycles. The van der Waals surface area contributed by atoms with E-state index in [-0.39, 0.29) is 11.5 Å². The Morgan fingerprint density at radius 3 is 2.65 bits per heavy atom. The van der Waals surface area contributed by atoms with Gasteiger partial charge < -0.3 is 4.57 Å². The molecule has 3 aromatic rings. The topological polar surface area (TPSA) is 105 Å². The highest BCUT2D eigenvalue weighted by Crippen LogP contribution is 2.49. The van der Waals surface area contributed by atoms with Crippen molar-refractivity contribution in [3.8, 4) is 6.07 Å². The Balaban J connectivity index is 1.87. The van der Waals surface area contributed by atoms with Crippen LogP contribution < -0.4 is 4.90 Å². The number of carbonyl (C=O) groups excluding carboxylic acids is 1. The van der Waals surface area contributed by atoms with Crippen molar-refractivity contribution in [1.82, 2.24) is 9.55 Å². The van der Waals surface area contributed by atoms with Gasteiger partial charge in [-0.05, 0) is 49.1 Å². The van der Waals surface area contributed by atoms with Crippen molar-refractivity contribution in [2.45, 2.75) is 32.1 Å². The van der Waals surface area contributed by atoms with Crippen LogP contribution in [0.15, 0.2) is 84.1 Å². The van der Waals surface area contributed by atoms with Crippen molar-refractivity contribution < 1.29 is 9.72 Å². The van der Waals surface area contributed by atoms with E-state index < -0.39 is 10.8 Å². The van der Waals surface area contributed by atoms with Crippen LogP contribution in [0, 0.1) is 28.4 Å². The number of hydrogen-bond donors (Lipinski definition) is 0. The number of nitrogens with zero attached hydrogens (tertiary/aromatic N) is 5. The largest absolute Gasteiger partial charge is 0.309 e. The first-order valence-electron chi connectivity index (χ1n) is 11.0. The molecule has 34 heavy (non-hydrogen) atoms. The van der Waals surface area contributed by atoms with Gasteiger partial charge in [0.05, 0.1) is 28.2 Å². The third-order valence-electron chi connectivity index (χ3n) is 6.36. The molecule has 3 heterocycles. The van der Waals surface area contributed by atoms with Gasteiger partial charge in [0.25, 0.3) is 5.69 Å². The minimum absolute atomic E-state index is 0.0116. The summed E-state index contributed by atoms with van der Waals surface area (Å²) in [6.45, 7) is 1.87. The molecule has 2 aromatic heterocycles. The van der Waals surface area contributed by atoms with Gasteiger partial charge in [0.15, 0.2) is 5.78 Å². The first-order chi connectivity index (χ1) is 16.5. The van der Waals surface area contributed by atoms with Crippen molar-refractivity contribution in [2.24, 2.45) is 0 Å². The van der Waals surface area contributed by atoms with Gasteiger partial charge >= 0.3 is 0 Å². The molecule has 1 aliphatic heterocycles. The summed E-state index contributed by atoms with van der Waals surface area (Å²) in [6.07, 6.45) is 8.70. The maximum absolute atomic E-state index is 13.4. The number of hydrogen-bond acceptors (Lipinski definition) is 6. The number of nitro benzene ring substituents is 1. The molecule has 0 saturated heterocycles. The number of aryl methyl sites for hydroxylation is 1. The summed E-state index contributed by atoms with van der Waals surface area (Å²) < 4.78 is 1.84. The Labute approximate surface area is 196 Å². The Hall–Kier alpha value is -4.51. The van der Waals surface area contributed by atoms with Gasteiger partial charge in [-0.15, -0.1) is 0 Å². The quantitative estimate of drug-likeness (QED) is 0.403. The van der Waals surface area contributed by atoms with Crippen LogP contribution in [-0.4, -0.2) is 20.3 Å². The molecule has 0 radical (unpaired) electrons. The number of ketones is 1. The smallest absolute Gasteiger partial charge is 0.271 e. The fourth-order valence-electron chi connectivity index (χ4n) is 4.86. The number of Topliss-reactive ketones (excluding diaryl/α,β-unsaturated/α-hetero) is 1. The van der Waals surface area contributed by atoms with Gasteiger partial charge in [0.1, 0.15) is 5.82 Å². The molecule has 1 aliphatic carbocycles. The van der Waals surface area contributed by atoms with Crippen LogP contribution >= 0.6 is 0 Å². The lowest BCUT2D eigenvalue weighted by Gasteiger charge is -2.41. The van der Waals surface area contributed by atoms with Gasteiger partial charge in [-0.3, -0.25) is 24.8 Å². The average molecular weight is 451 g/mol. The van der Waals surface area contributed by atoms with Crippen molar-refractivity contribution >= 4 is 23.0 Å². The average Bonchev–Trinajstić information content (AvgIpc) is 3.38. The highest BCUT2D eigenvalue weighted by molar-refractivity contribution is 6.03. The molecule has 1 atom stereocenters. The molecule has 0 unspecified atom stereocenters. The van der Waals surface area contributed by atoms with Crippen LogP contribution in [0.4, 0.5) is 11.4 Å². The highest BCUT2D eigenvalue weighted by atomic mass is 16.6. The molecule has 0 bridgehead atoms. The van der Waals surface area contributed by atoms with Gasteiger partial charge in [0.2, 0.25) is 0 Å². The molecular weight excluding hydrogens is 430 g/mol. The zero-order valence-electron chi connectivity index (χ0n) is 18.5. The van der Waals surface area contributed by atoms with Crippen LogP contribution in [0.1, 0.15) is 36.3 Å². The Kier molecular flexibility index (Phi) is 5.30. The van der Waals surface area contributed by atoms with Crippen molar-refractivity contribution in [1.29, 1.82) is 5.26 Å². The third-order valence-corrected chi connectivity index (χ3v) is 6.36. The fraction of sp³-hybridized carbons (Fsp3) is 0.192. The number of non-ortho nitro benzene ring substituents is 1. The third kappa shape index (κ3) is 3.39. The second-order valence-corrected chi connectivity index (χ2v) is 8.36. The number of benzene rings is 1. The van der Waals surface area contributed by atoms with E-state index in [0.29, 0.717) is 41.9 Å². The Morgan fingerprint density at radius 2 is 1.97 bits per heavy atom. The molecule has 0 amide bonds. The SMILES string of the molecule is Cc1ccc([N+](=O)[O-])cc1N1C2=C(C(=O)CCC2)[C@H](c2cccnc2)C(C#N)=C1n1cccc1. The van der Waals surface area contributed by atoms with Crippen LogP contribution in [0.2, 0.25) is 0 Å². The molecule has 168 valence electrons. The van der Waals surface area contributed by atoms with E-state index in [0.717, 1.165) is 16.8 Å². The summed E-state index contributed by atoms with van der Waals surface area (Å²) in [5.74, 6) is -0.00458. The number of nitro groups is 1. The minimum Gasteiger partial charge on any atom is -0.309 e. The monoisotopic (exact) mass is 451 g/mol. The van der Waals surface area contributed by atoms with E-state index in [1.54, 1.807) is 24.5 Å². The van der Waals surface area contributed by atoms with Crippen molar-refractivity contribution in [3.63, 3.8) is 0 Å². The Morgan fingerprint density at radius 1 is 1.18 bits per heavy atom. The lowest BCUT2D eigenvalue weighted by molar-refractivity contribution is -0.384. The fourth-order valence-corrected chi connectivity index (χ4v) is 4.86. The zero-order valence-corrected chi connectivity index (χ0v) is 18.5. The number of allylic oxidation sites excluding steroid dienone is 3. The van der Waals surface area contributed by atoms with Gasteiger partial charge in [-0.1, -0.05) is 12.1 Å². The van der Waals surface area contributed by atoms with Gasteiger partial charge in [-0.2, -0.15) is 5.26 Å². The molecule has 0 N–H and O–H groups in total. The number of nitriles is 1. The summed E-state index contributed by atoms with van der Waals surface area (Å²) in [7, 11) is 0. The molecule has 1 aromatic carbocycles. The lowest BCUT2D eigenvalue weighted by Crippen LogP contribution is -2.37. The van der Waals surface area contributed by atoms with E-state index in [1.165, 1.54) is 12.1 Å². The number of aromatic nitrogens is 2. The first kappa shape index (κ1) is 21.3. The molecule has 0 fully saturated rings. The van der Waals surface area contributed by atoms with Crippen molar-refractivity contribution in [3.05, 3.63) is 105 Å². The standard InChI is InChI=1S/C26H21N5O3/c1-17-9-10-19(31(33)34)14-22(17)30-21-7-4-8-23(32)25(21)24(18-6-5-11-28-16-18)20(15-27)26(30)29-12-2-3-13-29/h2-3,5-6,9-14,16,24H,4,7-8H2,1H3/t24-/m1/s1. The summed E-state index contributed by atoms with van der Waals surface area (Å²) in [5, 5.41) is 22.0. The summed E-state index contributed by atoms with van der Waals surface area (Å²) in [4.78, 5) is 30.6. The van der Waals surface area contributed by atoms with E-state index in [9.17, 15) is 20.2 Å². The second-order valence-electron chi connectivity index (χ2n) is 8.36. The summed E-state index contributed by atoms with van der Waals surface area (Å²) >= 11 is 0. The molecule has 8 heteroatoms. The predicted octanol–water partition coefficient (Wildman–Crippen LogP) is 5.10. The second kappa shape index (κ2) is 8.45. The maximum Gasteiger partial charge on any atom is 0.271 e. The van der Waals surface area contributed by atoms with Crippen LogP contribution in [0.5, 0.6) is 0 Å². The van der Waals surface area contributed by atoms with E-state index in [1.807, 2.05) is 47.0 Å². The lowest BCUT2D eigenvalue weighted by atomic mass is 9.76. The van der Waals surface area contributed by atoms with Crippen LogP contribution in [0.3, 0.4) is 0 Å². The summed E-state index contributed by atoms with van der Waals surface area (Å²) in [5.41, 5.74) is 3.83. The molecular formula is C26H21N5O3. The number of pyridine rings is 1. The normalized spacial score (nSPS) is 18.1. The van der Waals surface area contributed by atoms with Crippen molar-refractivity contribution in [2.75, 3.05) is 4.90 Å². The van der Waals surface area contributed by atoms with Crippen LogP contribution in [-0.2, 0) is 4.79 Å². The molecule has 5 rings (SSSR count). The first-order valence-corrected chi connectivity index (χ1v) is 11.0. The summed E-state index contributed by atoms with van der Waals surface area (Å²) in [6, 6.07) is 14.4. The van der Waals surface area contributed by atoms with E-state index >= 15 is 0 Å². The van der Waals surface area contributed by atoms with Gasteiger partial charge in [-0.25, -0.2) is 0 Å². The van der Waals surface area contributed by atoms with E-state index in [2.05, 4.69) is 11.1 Å². The zero-order chi connectivity index (χ0) is 23.8. The number of rotatable bonds is 4. The number of carbonyl (C=O) groups is 1. The highest BCUT2D eigenvalue weighted by Gasteiger charge is 2.42. The molecule has 8 nitrogen and oxygen atoms in total. The maximum atomic E-state index is 13.4. The minimum atomic E-state index is -0.561. The Bertz CT molecular complexity index is 1400. The van der Waals surface area contributed by atoms with E-state index in [4.69, 9.17) is 0 Å². The number of anilines is 1. The molecule has 0 spiro atoms. The van der Waals surface area contributed by atoms with Crippen LogP contribution in [0.25, 0.3) is 5.82 Å². The predicted molar refractivity (Wildman–Crippen MR) is 126 cm³/mol. The molecule has 2 aliphatic rings.